The van der Waals surface area contributed by atoms with E-state index in [2.05, 4.69) is 35.9 Å². The molecule has 16 heavy (non-hydrogen) atoms. The van der Waals surface area contributed by atoms with E-state index in [-0.39, 0.29) is 0 Å². The van der Waals surface area contributed by atoms with Crippen LogP contribution in [-0.2, 0) is 0 Å². The van der Waals surface area contributed by atoms with Crippen LogP contribution in [0, 0.1) is 5.92 Å². The number of nitrogens with one attached hydrogen (secondary N) is 1. The standard InChI is InChI=1S/C13H26N2S/c1-11-9-15(7-8-16-11)10-12-5-3-4-6-13(12)14-2/h11-14H,3-10H2,1-2H3. The highest BCUT2D eigenvalue weighted by Gasteiger charge is 2.27. The van der Waals surface area contributed by atoms with Crippen molar-refractivity contribution in [2.75, 3.05) is 32.4 Å². The fourth-order valence-corrected chi connectivity index (χ4v) is 4.28. The third-order valence-electron chi connectivity index (χ3n) is 4.10. The van der Waals surface area contributed by atoms with Crippen LogP contribution in [0.25, 0.3) is 0 Å². The molecule has 0 amide bonds. The van der Waals surface area contributed by atoms with E-state index in [1.165, 1.54) is 51.1 Å². The van der Waals surface area contributed by atoms with Crippen LogP contribution in [0.3, 0.4) is 0 Å². The van der Waals surface area contributed by atoms with Crippen molar-refractivity contribution in [1.82, 2.24) is 10.2 Å². The van der Waals surface area contributed by atoms with Crippen molar-refractivity contribution in [3.63, 3.8) is 0 Å². The van der Waals surface area contributed by atoms with Crippen LogP contribution >= 0.6 is 11.8 Å². The summed E-state index contributed by atoms with van der Waals surface area (Å²) in [6, 6.07) is 0.777. The molecule has 0 aromatic heterocycles. The molecule has 0 bridgehead atoms. The van der Waals surface area contributed by atoms with Gasteiger partial charge in [-0.25, -0.2) is 0 Å². The molecule has 1 aliphatic heterocycles. The molecule has 2 nitrogen and oxygen atoms in total. The number of hydrogen-bond donors (Lipinski definition) is 1. The molecule has 3 atom stereocenters. The van der Waals surface area contributed by atoms with Gasteiger partial charge in [0.15, 0.2) is 0 Å². The number of rotatable bonds is 3. The van der Waals surface area contributed by atoms with Crippen molar-refractivity contribution in [2.24, 2.45) is 5.92 Å². The summed E-state index contributed by atoms with van der Waals surface area (Å²) in [6.45, 7) is 6.31. The lowest BCUT2D eigenvalue weighted by Crippen LogP contribution is -2.46. The molecule has 1 saturated carbocycles. The molecule has 3 heteroatoms. The van der Waals surface area contributed by atoms with Gasteiger partial charge in [-0.15, -0.1) is 0 Å². The van der Waals surface area contributed by atoms with E-state index in [9.17, 15) is 0 Å². The normalized spacial score (nSPS) is 37.5. The monoisotopic (exact) mass is 242 g/mol. The van der Waals surface area contributed by atoms with E-state index >= 15 is 0 Å². The Balaban J connectivity index is 1.82. The largest absolute Gasteiger partial charge is 0.317 e. The van der Waals surface area contributed by atoms with Gasteiger partial charge in [-0.1, -0.05) is 19.8 Å². The Morgan fingerprint density at radius 1 is 1.31 bits per heavy atom. The first kappa shape index (κ1) is 12.7. The van der Waals surface area contributed by atoms with Crippen LogP contribution < -0.4 is 5.32 Å². The Morgan fingerprint density at radius 2 is 2.12 bits per heavy atom. The van der Waals surface area contributed by atoms with Crippen LogP contribution in [-0.4, -0.2) is 48.6 Å². The van der Waals surface area contributed by atoms with Gasteiger partial charge in [-0.2, -0.15) is 11.8 Å². The first-order chi connectivity index (χ1) is 7.79. The summed E-state index contributed by atoms with van der Waals surface area (Å²) in [5, 5.41) is 4.36. The van der Waals surface area contributed by atoms with Gasteiger partial charge in [0.25, 0.3) is 0 Å². The summed E-state index contributed by atoms with van der Waals surface area (Å²) in [7, 11) is 2.14. The molecule has 0 aromatic carbocycles. The third kappa shape index (κ3) is 3.38. The van der Waals surface area contributed by atoms with E-state index < -0.39 is 0 Å². The fraction of sp³-hybridized carbons (Fsp3) is 1.00. The van der Waals surface area contributed by atoms with E-state index in [0.29, 0.717) is 0 Å². The molecule has 2 fully saturated rings. The highest BCUT2D eigenvalue weighted by Crippen LogP contribution is 2.27. The van der Waals surface area contributed by atoms with Crippen LogP contribution in [0.1, 0.15) is 32.6 Å². The summed E-state index contributed by atoms with van der Waals surface area (Å²) >= 11 is 2.13. The molecule has 2 aliphatic rings. The minimum atomic E-state index is 0.777. The molecule has 94 valence electrons. The molecule has 1 N–H and O–H groups in total. The molecule has 2 rings (SSSR count). The molecule has 1 heterocycles. The zero-order valence-corrected chi connectivity index (χ0v) is 11.6. The van der Waals surface area contributed by atoms with E-state index in [0.717, 1.165) is 17.2 Å². The smallest absolute Gasteiger partial charge is 0.0147 e. The second kappa shape index (κ2) is 6.27. The van der Waals surface area contributed by atoms with E-state index in [1.807, 2.05) is 0 Å². The van der Waals surface area contributed by atoms with Gasteiger partial charge in [-0.05, 0) is 25.8 Å². The van der Waals surface area contributed by atoms with Crippen molar-refractivity contribution >= 4 is 11.8 Å². The first-order valence-electron chi connectivity index (χ1n) is 6.81. The van der Waals surface area contributed by atoms with E-state index in [4.69, 9.17) is 0 Å². The Hall–Kier alpha value is 0.270. The first-order valence-corrected chi connectivity index (χ1v) is 7.85. The van der Waals surface area contributed by atoms with Crippen molar-refractivity contribution in [2.45, 2.75) is 43.9 Å². The van der Waals surface area contributed by atoms with Gasteiger partial charge >= 0.3 is 0 Å². The summed E-state index contributed by atoms with van der Waals surface area (Å²) in [6.07, 6.45) is 5.69. The Morgan fingerprint density at radius 3 is 2.88 bits per heavy atom. The maximum atomic E-state index is 3.52. The molecule has 0 aromatic rings. The average Bonchev–Trinajstić information content (AvgIpc) is 2.30. The van der Waals surface area contributed by atoms with E-state index in [1.54, 1.807) is 0 Å². The zero-order chi connectivity index (χ0) is 11.4. The van der Waals surface area contributed by atoms with Gasteiger partial charge in [0, 0.05) is 36.7 Å². The topological polar surface area (TPSA) is 15.3 Å². The third-order valence-corrected chi connectivity index (χ3v) is 5.23. The second-order valence-corrected chi connectivity index (χ2v) is 6.93. The Bertz CT molecular complexity index is 210. The molecule has 1 aliphatic carbocycles. The predicted molar refractivity (Wildman–Crippen MR) is 73.2 cm³/mol. The second-order valence-electron chi connectivity index (χ2n) is 5.38. The Kier molecular flexibility index (Phi) is 4.98. The number of nitrogens with zero attached hydrogens (tertiary/aromatic N) is 1. The maximum Gasteiger partial charge on any atom is 0.0147 e. The van der Waals surface area contributed by atoms with Gasteiger partial charge < -0.3 is 10.2 Å². The lowest BCUT2D eigenvalue weighted by molar-refractivity contribution is 0.176. The molecular formula is C13H26N2S. The SMILES string of the molecule is CNC1CCCCC1CN1CCSC(C)C1. The summed E-state index contributed by atoms with van der Waals surface area (Å²) < 4.78 is 0. The molecule has 3 unspecified atom stereocenters. The maximum absolute atomic E-state index is 3.52. The minimum Gasteiger partial charge on any atom is -0.317 e. The Labute approximate surface area is 105 Å². The summed E-state index contributed by atoms with van der Waals surface area (Å²) in [5.41, 5.74) is 0. The van der Waals surface area contributed by atoms with Gasteiger partial charge in [0.2, 0.25) is 0 Å². The number of thioether (sulfide) groups is 1. The summed E-state index contributed by atoms with van der Waals surface area (Å²) in [4.78, 5) is 2.70. The van der Waals surface area contributed by atoms with Crippen molar-refractivity contribution < 1.29 is 0 Å². The quantitative estimate of drug-likeness (QED) is 0.817. The number of hydrogen-bond acceptors (Lipinski definition) is 3. The van der Waals surface area contributed by atoms with Crippen molar-refractivity contribution in [3.8, 4) is 0 Å². The molecule has 1 saturated heterocycles. The van der Waals surface area contributed by atoms with Crippen LogP contribution in [0.5, 0.6) is 0 Å². The lowest BCUT2D eigenvalue weighted by atomic mass is 9.84. The zero-order valence-electron chi connectivity index (χ0n) is 10.7. The highest BCUT2D eigenvalue weighted by molar-refractivity contribution is 7.99. The predicted octanol–water partition coefficient (Wildman–Crippen LogP) is 2.20. The molecular weight excluding hydrogens is 216 g/mol. The highest BCUT2D eigenvalue weighted by atomic mass is 32.2. The van der Waals surface area contributed by atoms with Crippen molar-refractivity contribution in [3.05, 3.63) is 0 Å². The molecule has 0 spiro atoms. The van der Waals surface area contributed by atoms with Crippen LogP contribution in [0.4, 0.5) is 0 Å². The summed E-state index contributed by atoms with van der Waals surface area (Å²) in [5.74, 6) is 2.23. The van der Waals surface area contributed by atoms with Crippen LogP contribution in [0.2, 0.25) is 0 Å². The average molecular weight is 242 g/mol. The van der Waals surface area contributed by atoms with Gasteiger partial charge in [0.1, 0.15) is 0 Å². The van der Waals surface area contributed by atoms with Gasteiger partial charge in [-0.3, -0.25) is 0 Å². The van der Waals surface area contributed by atoms with Crippen LogP contribution in [0.15, 0.2) is 0 Å². The fourth-order valence-electron chi connectivity index (χ4n) is 3.19. The lowest BCUT2D eigenvalue weighted by Gasteiger charge is -2.38. The minimum absolute atomic E-state index is 0.777. The molecule has 0 radical (unpaired) electrons. The van der Waals surface area contributed by atoms with Crippen molar-refractivity contribution in [1.29, 1.82) is 0 Å². The van der Waals surface area contributed by atoms with Gasteiger partial charge in [0.05, 0.1) is 0 Å².